The molecule has 1 N–H and O–H groups in total. The maximum Gasteiger partial charge on any atom is 0.308 e. The number of benzene rings is 1. The molecule has 29 heavy (non-hydrogen) atoms. The summed E-state index contributed by atoms with van der Waals surface area (Å²) in [4.78, 5) is 39.1. The normalized spacial score (nSPS) is 17.4. The van der Waals surface area contributed by atoms with Gasteiger partial charge in [0.2, 0.25) is 5.91 Å². The van der Waals surface area contributed by atoms with Gasteiger partial charge in [-0.2, -0.15) is 0 Å². The van der Waals surface area contributed by atoms with E-state index in [1.807, 2.05) is 6.92 Å². The zero-order valence-corrected chi connectivity index (χ0v) is 18.8. The molecule has 7 nitrogen and oxygen atoms in total. The molecule has 1 saturated heterocycles. The second-order valence-electron chi connectivity index (χ2n) is 7.07. The minimum absolute atomic E-state index is 0.165. The minimum atomic E-state index is -0.882. The van der Waals surface area contributed by atoms with Crippen LogP contribution in [0.25, 0.3) is 0 Å². The summed E-state index contributed by atoms with van der Waals surface area (Å²) in [6.45, 7) is 7.08. The molecule has 1 aromatic rings. The molecule has 1 fully saturated rings. The topological polar surface area (TPSA) is 84.9 Å². The Labute approximate surface area is 180 Å². The number of hydrogen-bond donors (Lipinski definition) is 1. The molecule has 2 rings (SSSR count). The third-order valence-corrected chi connectivity index (χ3v) is 5.41. The highest BCUT2D eigenvalue weighted by molar-refractivity contribution is 9.10. The number of hydrogen-bond acceptors (Lipinski definition) is 5. The summed E-state index contributed by atoms with van der Waals surface area (Å²) in [5.41, 5.74) is 0.426. The number of nitrogens with zero attached hydrogens (tertiary/aromatic N) is 1. The van der Waals surface area contributed by atoms with Crippen molar-refractivity contribution < 1.29 is 23.9 Å². The van der Waals surface area contributed by atoms with Gasteiger partial charge in [-0.1, -0.05) is 20.3 Å². The van der Waals surface area contributed by atoms with Crippen LogP contribution in [-0.4, -0.2) is 54.5 Å². The highest BCUT2D eigenvalue weighted by Gasteiger charge is 2.36. The third-order valence-electron chi connectivity index (χ3n) is 4.79. The van der Waals surface area contributed by atoms with E-state index in [-0.39, 0.29) is 24.3 Å². The average Bonchev–Trinajstić information content (AvgIpc) is 2.70. The number of unbranched alkanes of at least 4 members (excludes halogenated alkanes) is 1. The number of esters is 1. The van der Waals surface area contributed by atoms with E-state index in [2.05, 4.69) is 28.2 Å². The van der Waals surface area contributed by atoms with Gasteiger partial charge in [-0.05, 0) is 53.9 Å². The van der Waals surface area contributed by atoms with Crippen LogP contribution in [0.1, 0.15) is 56.8 Å². The Morgan fingerprint density at radius 2 is 2.10 bits per heavy atom. The summed E-state index contributed by atoms with van der Waals surface area (Å²) in [6, 6.07) is 4.22. The van der Waals surface area contributed by atoms with E-state index in [4.69, 9.17) is 9.47 Å². The molecular weight excluding hydrogens is 440 g/mol. The molecule has 1 aromatic carbocycles. The van der Waals surface area contributed by atoms with Gasteiger partial charge in [0.1, 0.15) is 11.8 Å². The van der Waals surface area contributed by atoms with Crippen LogP contribution in [0.3, 0.4) is 0 Å². The van der Waals surface area contributed by atoms with Crippen molar-refractivity contribution in [2.45, 2.75) is 58.6 Å². The van der Waals surface area contributed by atoms with Gasteiger partial charge >= 0.3 is 5.97 Å². The van der Waals surface area contributed by atoms with Gasteiger partial charge in [-0.25, -0.2) is 0 Å². The fourth-order valence-electron chi connectivity index (χ4n) is 2.92. The van der Waals surface area contributed by atoms with E-state index in [0.29, 0.717) is 41.9 Å². The molecule has 0 spiro atoms. The van der Waals surface area contributed by atoms with Crippen LogP contribution in [-0.2, 0) is 14.3 Å². The fraction of sp³-hybridized carbons (Fsp3) is 0.571. The van der Waals surface area contributed by atoms with Crippen LogP contribution in [0.4, 0.5) is 0 Å². The SMILES string of the molecule is CCCCOc1ccc(C(=O)N2CCNC(=O)C2CC(=O)OC(C)CC)cc1Br. The van der Waals surface area contributed by atoms with Gasteiger partial charge in [-0.15, -0.1) is 0 Å². The van der Waals surface area contributed by atoms with Crippen molar-refractivity contribution in [2.24, 2.45) is 0 Å². The lowest BCUT2D eigenvalue weighted by atomic mass is 10.1. The molecule has 0 saturated carbocycles. The average molecular weight is 469 g/mol. The predicted molar refractivity (Wildman–Crippen MR) is 113 cm³/mol. The summed E-state index contributed by atoms with van der Waals surface area (Å²) in [5, 5.41) is 2.72. The quantitative estimate of drug-likeness (QED) is 0.443. The number of ether oxygens (including phenoxy) is 2. The number of carbonyl (C=O) groups excluding carboxylic acids is 3. The lowest BCUT2D eigenvalue weighted by molar-refractivity contribution is -0.151. The van der Waals surface area contributed by atoms with Crippen molar-refractivity contribution >= 4 is 33.7 Å². The maximum atomic E-state index is 13.1. The highest BCUT2D eigenvalue weighted by Crippen LogP contribution is 2.27. The van der Waals surface area contributed by atoms with E-state index in [9.17, 15) is 14.4 Å². The van der Waals surface area contributed by atoms with Crippen LogP contribution in [0, 0.1) is 0 Å². The van der Waals surface area contributed by atoms with E-state index >= 15 is 0 Å². The standard InChI is InChI=1S/C21H29BrN2O5/c1-4-6-11-28-18-8-7-15(12-16(18)22)21(27)24-10-9-23-20(26)17(24)13-19(25)29-14(3)5-2/h7-8,12,14,17H,4-6,9-11,13H2,1-3H3,(H,23,26). The number of piperazine rings is 1. The summed E-state index contributed by atoms with van der Waals surface area (Å²) in [6.07, 6.45) is 2.28. The Balaban J connectivity index is 2.12. The lowest BCUT2D eigenvalue weighted by Crippen LogP contribution is -2.57. The fourth-order valence-corrected chi connectivity index (χ4v) is 3.41. The second-order valence-corrected chi connectivity index (χ2v) is 7.92. The molecule has 0 radical (unpaired) electrons. The number of nitrogens with one attached hydrogen (secondary N) is 1. The molecule has 0 aromatic heterocycles. The largest absolute Gasteiger partial charge is 0.492 e. The maximum absolute atomic E-state index is 13.1. The van der Waals surface area contributed by atoms with Crippen molar-refractivity contribution in [1.82, 2.24) is 10.2 Å². The van der Waals surface area contributed by atoms with Crippen LogP contribution >= 0.6 is 15.9 Å². The first-order valence-electron chi connectivity index (χ1n) is 10.1. The summed E-state index contributed by atoms with van der Waals surface area (Å²) >= 11 is 3.44. The van der Waals surface area contributed by atoms with Crippen molar-refractivity contribution in [1.29, 1.82) is 0 Å². The van der Waals surface area contributed by atoms with Gasteiger partial charge in [0.05, 0.1) is 23.6 Å². The second kappa shape index (κ2) is 11.2. The molecule has 160 valence electrons. The Bertz CT molecular complexity index is 740. The number of rotatable bonds is 9. The van der Waals surface area contributed by atoms with Gasteiger partial charge in [0.25, 0.3) is 5.91 Å². The Morgan fingerprint density at radius 1 is 1.34 bits per heavy atom. The van der Waals surface area contributed by atoms with Gasteiger partial charge in [0.15, 0.2) is 0 Å². The smallest absolute Gasteiger partial charge is 0.308 e. The van der Waals surface area contributed by atoms with Gasteiger partial charge < -0.3 is 19.7 Å². The van der Waals surface area contributed by atoms with E-state index in [0.717, 1.165) is 12.8 Å². The summed E-state index contributed by atoms with van der Waals surface area (Å²) in [7, 11) is 0. The van der Waals surface area contributed by atoms with Gasteiger partial charge in [-0.3, -0.25) is 14.4 Å². The van der Waals surface area contributed by atoms with Crippen LogP contribution in [0.2, 0.25) is 0 Å². The molecule has 1 aliphatic heterocycles. The van der Waals surface area contributed by atoms with Gasteiger partial charge in [0, 0.05) is 18.7 Å². The molecule has 1 heterocycles. The monoisotopic (exact) mass is 468 g/mol. The number of carbonyl (C=O) groups is 3. The lowest BCUT2D eigenvalue weighted by Gasteiger charge is -2.34. The van der Waals surface area contributed by atoms with Crippen molar-refractivity contribution in [2.75, 3.05) is 19.7 Å². The van der Waals surface area contributed by atoms with E-state index < -0.39 is 12.0 Å². The first-order chi connectivity index (χ1) is 13.9. The Morgan fingerprint density at radius 3 is 2.76 bits per heavy atom. The summed E-state index contributed by atoms with van der Waals surface area (Å²) in [5.74, 6) is -0.466. The molecule has 2 atom stereocenters. The molecule has 0 bridgehead atoms. The zero-order valence-electron chi connectivity index (χ0n) is 17.2. The van der Waals surface area contributed by atoms with E-state index in [1.165, 1.54) is 4.90 Å². The van der Waals surface area contributed by atoms with E-state index in [1.54, 1.807) is 25.1 Å². The molecule has 8 heteroatoms. The first kappa shape index (κ1) is 23.2. The Hall–Kier alpha value is -2.09. The predicted octanol–water partition coefficient (Wildman–Crippen LogP) is 3.30. The summed E-state index contributed by atoms with van der Waals surface area (Å²) < 4.78 is 11.7. The molecule has 2 amide bonds. The number of halogens is 1. The molecule has 1 aliphatic rings. The molecule has 2 unspecified atom stereocenters. The van der Waals surface area contributed by atoms with Crippen molar-refractivity contribution in [3.63, 3.8) is 0 Å². The first-order valence-corrected chi connectivity index (χ1v) is 10.9. The van der Waals surface area contributed by atoms with Crippen LogP contribution < -0.4 is 10.1 Å². The third kappa shape index (κ3) is 6.45. The number of amides is 2. The highest BCUT2D eigenvalue weighted by atomic mass is 79.9. The van der Waals surface area contributed by atoms with Crippen molar-refractivity contribution in [3.8, 4) is 5.75 Å². The zero-order chi connectivity index (χ0) is 21.4. The Kier molecular flexibility index (Phi) is 8.95. The van der Waals surface area contributed by atoms with Crippen molar-refractivity contribution in [3.05, 3.63) is 28.2 Å². The van der Waals surface area contributed by atoms with Crippen LogP contribution in [0.15, 0.2) is 22.7 Å². The minimum Gasteiger partial charge on any atom is -0.492 e. The van der Waals surface area contributed by atoms with Crippen LogP contribution in [0.5, 0.6) is 5.75 Å². The molecular formula is C21H29BrN2O5. The molecule has 0 aliphatic carbocycles.